The molecule has 3 rings (SSSR count). The highest BCUT2D eigenvalue weighted by atomic mass is 32.2. The van der Waals surface area contributed by atoms with Gasteiger partial charge in [0.2, 0.25) is 0 Å². The third-order valence-electron chi connectivity index (χ3n) is 3.65. The minimum absolute atomic E-state index is 0.373. The number of hydrogen-bond acceptors (Lipinski definition) is 7. The highest BCUT2D eigenvalue weighted by Crippen LogP contribution is 2.44. The van der Waals surface area contributed by atoms with Gasteiger partial charge < -0.3 is 5.43 Å². The molecule has 114 valence electrons. The summed E-state index contributed by atoms with van der Waals surface area (Å²) in [6, 6.07) is 2.15. The molecule has 0 spiro atoms. The lowest BCUT2D eigenvalue weighted by Crippen LogP contribution is -2.21. The summed E-state index contributed by atoms with van der Waals surface area (Å²) in [7, 11) is 0. The van der Waals surface area contributed by atoms with E-state index in [0.29, 0.717) is 10.5 Å². The molecule has 2 aromatic rings. The van der Waals surface area contributed by atoms with Gasteiger partial charge in [0.15, 0.2) is 5.82 Å². The van der Waals surface area contributed by atoms with Crippen LogP contribution in [0.15, 0.2) is 6.07 Å². The van der Waals surface area contributed by atoms with Crippen LogP contribution < -0.4 is 11.3 Å². The number of hydrogen-bond donors (Lipinski definition) is 2. The molecule has 3 heterocycles. The summed E-state index contributed by atoms with van der Waals surface area (Å²) in [5, 5.41) is 2.01. The lowest BCUT2D eigenvalue weighted by atomic mass is 10.2. The van der Waals surface area contributed by atoms with E-state index in [1.165, 1.54) is 16.4 Å². The normalized spacial score (nSPS) is 22.6. The Bertz CT molecular complexity index is 628. The molecule has 1 saturated heterocycles. The van der Waals surface area contributed by atoms with Crippen molar-refractivity contribution in [1.29, 1.82) is 0 Å². The lowest BCUT2D eigenvalue weighted by molar-refractivity contribution is 0.755. The number of aromatic nitrogens is 2. The first-order valence-corrected chi connectivity index (χ1v) is 10.2. The summed E-state index contributed by atoms with van der Waals surface area (Å²) >= 11 is 5.78. The van der Waals surface area contributed by atoms with Gasteiger partial charge in [-0.2, -0.15) is 11.8 Å². The first kappa shape index (κ1) is 15.4. The van der Waals surface area contributed by atoms with Crippen molar-refractivity contribution in [1.82, 2.24) is 9.97 Å². The summed E-state index contributed by atoms with van der Waals surface area (Å²) in [4.78, 5) is 11.9. The lowest BCUT2D eigenvalue weighted by Gasteiger charge is -2.28. The Morgan fingerprint density at radius 1 is 1.29 bits per heavy atom. The van der Waals surface area contributed by atoms with Crippen molar-refractivity contribution in [3.63, 3.8) is 0 Å². The standard InChI is InChI=1S/C14H20N4S3/c1-3-8-7-9-12(18-15)16-13(17-14(9)21-8)11-10(4-2)19-5-6-20-11/h7,10-11H,3-6,15H2,1-2H3,(H,16,17,18). The number of anilines is 1. The highest BCUT2D eigenvalue weighted by Gasteiger charge is 2.29. The van der Waals surface area contributed by atoms with Crippen LogP contribution >= 0.6 is 34.9 Å². The Morgan fingerprint density at radius 3 is 2.81 bits per heavy atom. The molecule has 1 fully saturated rings. The molecule has 0 aliphatic carbocycles. The predicted molar refractivity (Wildman–Crippen MR) is 96.3 cm³/mol. The number of nitrogen functional groups attached to an aromatic ring is 1. The molecule has 3 N–H and O–H groups in total. The third-order valence-corrected chi connectivity index (χ3v) is 8.07. The van der Waals surface area contributed by atoms with Gasteiger partial charge in [-0.3, -0.25) is 0 Å². The van der Waals surface area contributed by atoms with Crippen molar-refractivity contribution in [3.05, 3.63) is 16.8 Å². The Kier molecular flexibility index (Phi) is 4.93. The van der Waals surface area contributed by atoms with E-state index in [4.69, 9.17) is 15.8 Å². The maximum atomic E-state index is 5.68. The van der Waals surface area contributed by atoms with Gasteiger partial charge in [-0.05, 0) is 18.9 Å². The van der Waals surface area contributed by atoms with Crippen LogP contribution in [0.3, 0.4) is 0 Å². The molecule has 7 heteroatoms. The van der Waals surface area contributed by atoms with Crippen LogP contribution in [0.5, 0.6) is 0 Å². The molecule has 1 aliphatic heterocycles. The van der Waals surface area contributed by atoms with Gasteiger partial charge >= 0.3 is 0 Å². The van der Waals surface area contributed by atoms with Gasteiger partial charge in [0.25, 0.3) is 0 Å². The summed E-state index contributed by atoms with van der Waals surface area (Å²) in [6.45, 7) is 4.41. The summed E-state index contributed by atoms with van der Waals surface area (Å²) in [5.41, 5.74) is 2.76. The number of aryl methyl sites for hydroxylation is 1. The average Bonchev–Trinajstić information content (AvgIpc) is 2.97. The van der Waals surface area contributed by atoms with Crippen LogP contribution in [0.4, 0.5) is 5.82 Å². The Labute approximate surface area is 137 Å². The molecule has 0 aromatic carbocycles. The summed E-state index contributed by atoms with van der Waals surface area (Å²) < 4.78 is 0. The molecule has 2 aromatic heterocycles. The molecule has 21 heavy (non-hydrogen) atoms. The van der Waals surface area contributed by atoms with Gasteiger partial charge in [0.1, 0.15) is 10.7 Å². The van der Waals surface area contributed by atoms with Gasteiger partial charge in [0, 0.05) is 21.6 Å². The van der Waals surface area contributed by atoms with E-state index in [0.717, 1.165) is 34.7 Å². The minimum Gasteiger partial charge on any atom is -0.308 e. The first-order chi connectivity index (χ1) is 10.3. The van der Waals surface area contributed by atoms with Crippen LogP contribution in [-0.4, -0.2) is 26.7 Å². The van der Waals surface area contributed by atoms with E-state index in [-0.39, 0.29) is 0 Å². The minimum atomic E-state index is 0.373. The van der Waals surface area contributed by atoms with Crippen LogP contribution in [0.1, 0.15) is 36.2 Å². The fourth-order valence-corrected chi connectivity index (χ4v) is 6.51. The Balaban J connectivity index is 2.05. The summed E-state index contributed by atoms with van der Waals surface area (Å²) in [5.74, 6) is 9.77. The first-order valence-electron chi connectivity index (χ1n) is 7.27. The number of thioether (sulfide) groups is 2. The third kappa shape index (κ3) is 3.02. The SMILES string of the molecule is CCc1cc2c(NN)nc(C3SCCSC3CC)nc2s1. The topological polar surface area (TPSA) is 63.8 Å². The molecule has 0 saturated carbocycles. The second kappa shape index (κ2) is 6.73. The van der Waals surface area contributed by atoms with Crippen molar-refractivity contribution in [2.45, 2.75) is 37.2 Å². The maximum absolute atomic E-state index is 5.68. The fraction of sp³-hybridized carbons (Fsp3) is 0.571. The van der Waals surface area contributed by atoms with Crippen LogP contribution in [-0.2, 0) is 6.42 Å². The molecular weight excluding hydrogens is 320 g/mol. The van der Waals surface area contributed by atoms with E-state index in [9.17, 15) is 0 Å². The van der Waals surface area contributed by atoms with Gasteiger partial charge in [0.05, 0.1) is 10.6 Å². The molecule has 0 bridgehead atoms. The number of nitrogens with one attached hydrogen (secondary N) is 1. The Hall–Kier alpha value is -0.500. The van der Waals surface area contributed by atoms with Crippen molar-refractivity contribution in [2.75, 3.05) is 16.9 Å². The van der Waals surface area contributed by atoms with E-state index in [1.807, 2.05) is 23.5 Å². The molecule has 1 aliphatic rings. The molecule has 4 nitrogen and oxygen atoms in total. The molecular formula is C14H20N4S3. The second-order valence-corrected chi connectivity index (χ2v) is 8.68. The zero-order valence-electron chi connectivity index (χ0n) is 12.3. The van der Waals surface area contributed by atoms with Crippen LogP contribution in [0, 0.1) is 0 Å². The molecule has 2 unspecified atom stereocenters. The van der Waals surface area contributed by atoms with Gasteiger partial charge in [-0.15, -0.1) is 23.1 Å². The molecule has 0 amide bonds. The number of hydrazine groups is 1. The van der Waals surface area contributed by atoms with Crippen LogP contribution in [0.2, 0.25) is 0 Å². The van der Waals surface area contributed by atoms with E-state index in [1.54, 1.807) is 11.3 Å². The average molecular weight is 341 g/mol. The number of nitrogens with two attached hydrogens (primary N) is 1. The van der Waals surface area contributed by atoms with Crippen molar-refractivity contribution in [2.24, 2.45) is 5.84 Å². The van der Waals surface area contributed by atoms with Crippen LogP contribution in [0.25, 0.3) is 10.2 Å². The van der Waals surface area contributed by atoms with E-state index >= 15 is 0 Å². The van der Waals surface area contributed by atoms with E-state index < -0.39 is 0 Å². The second-order valence-electron chi connectivity index (χ2n) is 4.97. The Morgan fingerprint density at radius 2 is 2.10 bits per heavy atom. The number of fused-ring (bicyclic) bond motifs is 1. The van der Waals surface area contributed by atoms with Gasteiger partial charge in [-0.25, -0.2) is 15.8 Å². The number of thiophene rings is 1. The van der Waals surface area contributed by atoms with Crippen molar-refractivity contribution >= 4 is 50.9 Å². The van der Waals surface area contributed by atoms with Crippen molar-refractivity contribution in [3.8, 4) is 0 Å². The highest BCUT2D eigenvalue weighted by molar-refractivity contribution is 8.06. The predicted octanol–water partition coefficient (Wildman–Crippen LogP) is 3.84. The maximum Gasteiger partial charge on any atom is 0.152 e. The fourth-order valence-electron chi connectivity index (χ4n) is 2.54. The molecule has 2 atom stereocenters. The largest absolute Gasteiger partial charge is 0.308 e. The summed E-state index contributed by atoms with van der Waals surface area (Å²) in [6.07, 6.45) is 2.17. The zero-order chi connectivity index (χ0) is 14.8. The molecule has 0 radical (unpaired) electrons. The van der Waals surface area contributed by atoms with Crippen molar-refractivity contribution < 1.29 is 0 Å². The monoisotopic (exact) mass is 340 g/mol. The number of nitrogens with zero attached hydrogens (tertiary/aromatic N) is 2. The smallest absolute Gasteiger partial charge is 0.152 e. The number of rotatable bonds is 4. The van der Waals surface area contributed by atoms with E-state index in [2.05, 4.69) is 25.3 Å². The van der Waals surface area contributed by atoms with Gasteiger partial charge in [-0.1, -0.05) is 13.8 Å². The zero-order valence-corrected chi connectivity index (χ0v) is 14.7. The quantitative estimate of drug-likeness (QED) is 0.651.